The maximum Gasteiger partial charge on any atom is 0.213 e. The highest BCUT2D eigenvalue weighted by molar-refractivity contribution is 14.0. The molecular weight excluding hydrogens is 331 g/mol. The lowest BCUT2D eigenvalue weighted by atomic mass is 10.2. The summed E-state index contributed by atoms with van der Waals surface area (Å²) in [6, 6.07) is 3.70. The third-order valence-electron chi connectivity index (χ3n) is 2.14. The predicted octanol–water partition coefficient (Wildman–Crippen LogP) is 1.65. The predicted molar refractivity (Wildman–Crippen MR) is 79.5 cm³/mol. The van der Waals surface area contributed by atoms with E-state index in [-0.39, 0.29) is 36.0 Å². The van der Waals surface area contributed by atoms with Gasteiger partial charge >= 0.3 is 0 Å². The van der Waals surface area contributed by atoms with E-state index in [1.807, 2.05) is 19.1 Å². The van der Waals surface area contributed by atoms with E-state index in [1.54, 1.807) is 6.20 Å². The number of hydrogen-bond donors (Lipinski definition) is 2. The fraction of sp³-hybridized carbons (Fsp3) is 0.455. The first-order valence-electron chi connectivity index (χ1n) is 5.28. The molecule has 0 fully saturated rings. The number of aromatic nitrogens is 1. The van der Waals surface area contributed by atoms with E-state index in [1.165, 1.54) is 0 Å². The van der Waals surface area contributed by atoms with Gasteiger partial charge in [-0.3, -0.25) is 0 Å². The van der Waals surface area contributed by atoms with Gasteiger partial charge in [0.05, 0.1) is 12.6 Å². The largest absolute Gasteiger partial charge is 0.475 e. The van der Waals surface area contributed by atoms with Crippen LogP contribution >= 0.6 is 24.0 Å². The van der Waals surface area contributed by atoms with Crippen LogP contribution in [-0.2, 0) is 6.54 Å². The van der Waals surface area contributed by atoms with Crippen LogP contribution in [0.3, 0.4) is 0 Å². The van der Waals surface area contributed by atoms with Gasteiger partial charge in [0.2, 0.25) is 5.88 Å². The number of nitrogens with zero attached hydrogens (tertiary/aromatic N) is 2. The van der Waals surface area contributed by atoms with Crippen molar-refractivity contribution in [3.63, 3.8) is 0 Å². The van der Waals surface area contributed by atoms with E-state index >= 15 is 0 Å². The zero-order chi connectivity index (χ0) is 12.0. The summed E-state index contributed by atoms with van der Waals surface area (Å²) in [5, 5.41) is 0. The van der Waals surface area contributed by atoms with Crippen molar-refractivity contribution in [2.24, 2.45) is 16.5 Å². The van der Waals surface area contributed by atoms with Crippen molar-refractivity contribution in [1.29, 1.82) is 0 Å². The number of pyridine rings is 1. The van der Waals surface area contributed by atoms with Gasteiger partial charge in [0.1, 0.15) is 0 Å². The Morgan fingerprint density at radius 3 is 2.82 bits per heavy atom. The molecule has 1 unspecified atom stereocenters. The Hall–Kier alpha value is -1.05. The molecule has 0 bridgehead atoms. The molecule has 0 aliphatic heterocycles. The number of ether oxygens (including phenoxy) is 1. The summed E-state index contributed by atoms with van der Waals surface area (Å²) in [4.78, 5) is 8.05. The van der Waals surface area contributed by atoms with Crippen molar-refractivity contribution < 1.29 is 4.74 Å². The number of hydrogen-bond acceptors (Lipinski definition) is 3. The first-order valence-corrected chi connectivity index (χ1v) is 5.28. The molecular formula is C11H19IN4O. The third-order valence-corrected chi connectivity index (χ3v) is 2.14. The van der Waals surface area contributed by atoms with E-state index in [9.17, 15) is 0 Å². The highest BCUT2D eigenvalue weighted by atomic mass is 127. The summed E-state index contributed by atoms with van der Waals surface area (Å²) in [5.74, 6) is 0.693. The molecule has 0 aliphatic rings. The number of guanidine groups is 1. The topological polar surface area (TPSA) is 86.5 Å². The Labute approximate surface area is 119 Å². The zero-order valence-electron chi connectivity index (χ0n) is 10.1. The van der Waals surface area contributed by atoms with E-state index in [2.05, 4.69) is 16.9 Å². The van der Waals surface area contributed by atoms with Gasteiger partial charge in [-0.05, 0) is 25.0 Å². The minimum absolute atomic E-state index is 0. The molecule has 1 atom stereocenters. The normalized spacial score (nSPS) is 11.2. The fourth-order valence-corrected chi connectivity index (χ4v) is 1.09. The number of rotatable bonds is 5. The van der Waals surface area contributed by atoms with Gasteiger partial charge in [0.25, 0.3) is 0 Å². The molecule has 96 valence electrons. The summed E-state index contributed by atoms with van der Waals surface area (Å²) in [7, 11) is 0. The highest BCUT2D eigenvalue weighted by Gasteiger charge is 2.02. The molecule has 17 heavy (non-hydrogen) atoms. The minimum atomic E-state index is 0. The Morgan fingerprint density at radius 1 is 1.53 bits per heavy atom. The lowest BCUT2D eigenvalue weighted by Crippen LogP contribution is -2.22. The Balaban J connectivity index is 0.00000256. The Bertz CT molecular complexity index is 366. The summed E-state index contributed by atoms with van der Waals surface area (Å²) < 4.78 is 5.59. The maximum atomic E-state index is 5.59. The van der Waals surface area contributed by atoms with Crippen LogP contribution in [0.15, 0.2) is 23.3 Å². The highest BCUT2D eigenvalue weighted by Crippen LogP contribution is 2.12. The molecule has 0 aromatic carbocycles. The second kappa shape index (κ2) is 8.10. The van der Waals surface area contributed by atoms with Gasteiger partial charge in [-0.2, -0.15) is 0 Å². The molecule has 0 radical (unpaired) electrons. The van der Waals surface area contributed by atoms with E-state index < -0.39 is 0 Å². The van der Waals surface area contributed by atoms with Crippen LogP contribution in [0.4, 0.5) is 0 Å². The Kier molecular flexibility index (Phi) is 7.60. The smallest absolute Gasteiger partial charge is 0.213 e. The molecule has 0 saturated carbocycles. The standard InChI is InChI=1S/C11H18N4O.HI/c1-3-8(2)16-10-6-9(4-5-14-10)7-15-11(12)13;/h4-6,8H,3,7H2,1-2H3,(H4,12,13,15);1H. The van der Waals surface area contributed by atoms with Crippen LogP contribution in [-0.4, -0.2) is 17.0 Å². The summed E-state index contributed by atoms with van der Waals surface area (Å²) in [6.45, 7) is 4.51. The summed E-state index contributed by atoms with van der Waals surface area (Å²) in [5.41, 5.74) is 11.5. The molecule has 1 rings (SSSR count). The molecule has 0 aliphatic carbocycles. The molecule has 0 amide bonds. The van der Waals surface area contributed by atoms with Gasteiger partial charge in [0, 0.05) is 12.3 Å². The quantitative estimate of drug-likeness (QED) is 0.480. The van der Waals surface area contributed by atoms with Gasteiger partial charge in [0.15, 0.2) is 5.96 Å². The first kappa shape index (κ1) is 16.0. The second-order valence-electron chi connectivity index (χ2n) is 3.58. The van der Waals surface area contributed by atoms with Crippen molar-refractivity contribution in [1.82, 2.24) is 4.98 Å². The zero-order valence-corrected chi connectivity index (χ0v) is 12.4. The molecule has 1 heterocycles. The third kappa shape index (κ3) is 6.30. The molecule has 0 saturated heterocycles. The Morgan fingerprint density at radius 2 is 2.24 bits per heavy atom. The van der Waals surface area contributed by atoms with Crippen molar-refractivity contribution in [2.45, 2.75) is 32.9 Å². The summed E-state index contributed by atoms with van der Waals surface area (Å²) >= 11 is 0. The van der Waals surface area contributed by atoms with Crippen LogP contribution in [0.5, 0.6) is 5.88 Å². The van der Waals surface area contributed by atoms with Gasteiger partial charge < -0.3 is 16.2 Å². The second-order valence-corrected chi connectivity index (χ2v) is 3.58. The SMILES string of the molecule is CCC(C)Oc1cc(CN=C(N)N)ccn1.I. The van der Waals surface area contributed by atoms with Crippen LogP contribution in [0.25, 0.3) is 0 Å². The van der Waals surface area contributed by atoms with Crippen molar-refractivity contribution in [2.75, 3.05) is 0 Å². The molecule has 0 spiro atoms. The van der Waals surface area contributed by atoms with Crippen LogP contribution in [0.1, 0.15) is 25.8 Å². The molecule has 1 aromatic rings. The minimum Gasteiger partial charge on any atom is -0.475 e. The first-order chi connectivity index (χ1) is 7.61. The monoisotopic (exact) mass is 350 g/mol. The van der Waals surface area contributed by atoms with Gasteiger partial charge in [-0.1, -0.05) is 6.92 Å². The lowest BCUT2D eigenvalue weighted by molar-refractivity contribution is 0.208. The number of halogens is 1. The van der Waals surface area contributed by atoms with E-state index in [0.717, 1.165) is 12.0 Å². The van der Waals surface area contributed by atoms with Crippen molar-refractivity contribution in [3.8, 4) is 5.88 Å². The van der Waals surface area contributed by atoms with Crippen molar-refractivity contribution in [3.05, 3.63) is 23.9 Å². The van der Waals surface area contributed by atoms with E-state index in [4.69, 9.17) is 16.2 Å². The van der Waals surface area contributed by atoms with Crippen LogP contribution in [0, 0.1) is 0 Å². The van der Waals surface area contributed by atoms with Crippen molar-refractivity contribution >= 4 is 29.9 Å². The average molecular weight is 350 g/mol. The number of nitrogens with two attached hydrogens (primary N) is 2. The van der Waals surface area contributed by atoms with Gasteiger partial charge in [-0.25, -0.2) is 9.98 Å². The lowest BCUT2D eigenvalue weighted by Gasteiger charge is -2.11. The average Bonchev–Trinajstić information content (AvgIpc) is 2.26. The summed E-state index contributed by atoms with van der Waals surface area (Å²) in [6.07, 6.45) is 2.79. The van der Waals surface area contributed by atoms with Gasteiger partial charge in [-0.15, -0.1) is 24.0 Å². The molecule has 6 heteroatoms. The van der Waals surface area contributed by atoms with Crippen LogP contribution in [0.2, 0.25) is 0 Å². The molecule has 4 N–H and O–H groups in total. The maximum absolute atomic E-state index is 5.59. The van der Waals surface area contributed by atoms with Crippen LogP contribution < -0.4 is 16.2 Å². The number of aliphatic imine (C=N–C) groups is 1. The molecule has 1 aromatic heterocycles. The van der Waals surface area contributed by atoms with E-state index in [0.29, 0.717) is 12.4 Å². The fourth-order valence-electron chi connectivity index (χ4n) is 1.09. The molecule has 5 nitrogen and oxygen atoms in total.